The van der Waals surface area contributed by atoms with Crippen LogP contribution < -0.4 is 0 Å². The van der Waals surface area contributed by atoms with Crippen molar-refractivity contribution >= 4 is 21.8 Å². The molecule has 94 valence electrons. The molecule has 1 aromatic rings. The van der Waals surface area contributed by atoms with Crippen LogP contribution in [-0.2, 0) is 10.0 Å². The molecule has 0 saturated carbocycles. The van der Waals surface area contributed by atoms with Crippen LogP contribution >= 0.6 is 11.8 Å². The van der Waals surface area contributed by atoms with E-state index in [-0.39, 0.29) is 5.37 Å². The maximum absolute atomic E-state index is 12.4. The predicted molar refractivity (Wildman–Crippen MR) is 71.7 cm³/mol. The lowest BCUT2D eigenvalue weighted by Crippen LogP contribution is -2.33. The molecular formula is C12H17NO2S2. The van der Waals surface area contributed by atoms with Gasteiger partial charge in [0.15, 0.2) is 0 Å². The average molecular weight is 271 g/mol. The molecule has 2 rings (SSSR count). The summed E-state index contributed by atoms with van der Waals surface area (Å²) in [6.45, 7) is 6.48. The lowest BCUT2D eigenvalue weighted by atomic mass is 10.1. The van der Waals surface area contributed by atoms with Crippen LogP contribution in [0.15, 0.2) is 23.1 Å². The Morgan fingerprint density at radius 2 is 2.00 bits per heavy atom. The van der Waals surface area contributed by atoms with Crippen LogP contribution in [0.1, 0.15) is 18.1 Å². The third kappa shape index (κ3) is 2.37. The normalized spacial score (nSPS) is 21.9. The van der Waals surface area contributed by atoms with Gasteiger partial charge in [-0.25, -0.2) is 8.42 Å². The summed E-state index contributed by atoms with van der Waals surface area (Å²) in [5.41, 5.74) is 2.14. The Hall–Kier alpha value is -0.520. The van der Waals surface area contributed by atoms with Crippen molar-refractivity contribution in [3.05, 3.63) is 29.3 Å². The van der Waals surface area contributed by atoms with Gasteiger partial charge in [0.1, 0.15) is 0 Å². The summed E-state index contributed by atoms with van der Waals surface area (Å²) in [4.78, 5) is 0.412. The second kappa shape index (κ2) is 4.63. The fourth-order valence-electron chi connectivity index (χ4n) is 1.90. The summed E-state index contributed by atoms with van der Waals surface area (Å²) < 4.78 is 26.4. The minimum Gasteiger partial charge on any atom is -0.207 e. The molecule has 0 aliphatic carbocycles. The first-order valence-electron chi connectivity index (χ1n) is 5.63. The third-order valence-electron chi connectivity index (χ3n) is 3.16. The molecule has 1 atom stereocenters. The Balaban J connectivity index is 2.41. The van der Waals surface area contributed by atoms with Crippen molar-refractivity contribution in [2.45, 2.75) is 31.0 Å². The highest BCUT2D eigenvalue weighted by Gasteiger charge is 2.33. The summed E-state index contributed by atoms with van der Waals surface area (Å²) in [5.74, 6) is 0.880. The number of thioether (sulfide) groups is 1. The molecule has 0 N–H and O–H groups in total. The highest BCUT2D eigenvalue weighted by molar-refractivity contribution is 8.01. The number of nitrogens with zero attached hydrogens (tertiary/aromatic N) is 1. The smallest absolute Gasteiger partial charge is 0.207 e. The van der Waals surface area contributed by atoms with Crippen LogP contribution in [0.5, 0.6) is 0 Å². The van der Waals surface area contributed by atoms with E-state index < -0.39 is 10.0 Å². The van der Waals surface area contributed by atoms with E-state index in [2.05, 4.69) is 0 Å². The fraction of sp³-hybridized carbons (Fsp3) is 0.500. The van der Waals surface area contributed by atoms with Crippen LogP contribution in [0.2, 0.25) is 0 Å². The molecule has 3 nitrogen and oxygen atoms in total. The maximum atomic E-state index is 12.4. The second-order valence-corrected chi connectivity index (χ2v) is 7.65. The highest BCUT2D eigenvalue weighted by atomic mass is 32.2. The molecule has 1 fully saturated rings. The summed E-state index contributed by atoms with van der Waals surface area (Å²) in [6.07, 6.45) is 0. The first-order chi connectivity index (χ1) is 7.93. The van der Waals surface area contributed by atoms with E-state index in [1.165, 1.54) is 0 Å². The molecule has 0 spiro atoms. The van der Waals surface area contributed by atoms with Crippen molar-refractivity contribution in [2.24, 2.45) is 0 Å². The van der Waals surface area contributed by atoms with E-state index in [1.54, 1.807) is 28.2 Å². The van der Waals surface area contributed by atoms with Crippen molar-refractivity contribution in [1.82, 2.24) is 4.31 Å². The molecule has 0 aromatic heterocycles. The summed E-state index contributed by atoms with van der Waals surface area (Å²) in [7, 11) is -3.31. The Bertz CT molecular complexity index is 525. The van der Waals surface area contributed by atoms with Crippen LogP contribution in [0.3, 0.4) is 0 Å². The number of hydrogen-bond acceptors (Lipinski definition) is 3. The van der Waals surface area contributed by atoms with Gasteiger partial charge in [0.25, 0.3) is 0 Å². The summed E-state index contributed by atoms with van der Waals surface area (Å²) >= 11 is 1.68. The number of aryl methyl sites for hydroxylation is 2. The minimum atomic E-state index is -3.31. The van der Waals surface area contributed by atoms with E-state index in [0.717, 1.165) is 16.9 Å². The van der Waals surface area contributed by atoms with Gasteiger partial charge in [-0.2, -0.15) is 4.31 Å². The fourth-order valence-corrected chi connectivity index (χ4v) is 5.02. The van der Waals surface area contributed by atoms with Gasteiger partial charge in [-0.15, -0.1) is 11.8 Å². The second-order valence-electron chi connectivity index (χ2n) is 4.33. The topological polar surface area (TPSA) is 37.4 Å². The lowest BCUT2D eigenvalue weighted by molar-refractivity contribution is 0.442. The van der Waals surface area contributed by atoms with Crippen molar-refractivity contribution < 1.29 is 8.42 Å². The van der Waals surface area contributed by atoms with Gasteiger partial charge in [0.05, 0.1) is 10.3 Å². The number of sulfonamides is 1. The maximum Gasteiger partial charge on any atom is 0.244 e. The molecule has 1 aliphatic rings. The Morgan fingerprint density at radius 3 is 2.53 bits per heavy atom. The van der Waals surface area contributed by atoms with E-state index in [9.17, 15) is 8.42 Å². The van der Waals surface area contributed by atoms with Crippen molar-refractivity contribution in [1.29, 1.82) is 0 Å². The third-order valence-corrected chi connectivity index (χ3v) is 6.42. The minimum absolute atomic E-state index is 0.0432. The van der Waals surface area contributed by atoms with E-state index in [1.807, 2.05) is 26.8 Å². The average Bonchev–Trinajstić information content (AvgIpc) is 2.69. The van der Waals surface area contributed by atoms with Crippen LogP contribution in [0, 0.1) is 13.8 Å². The standard InChI is InChI=1S/C12H17NO2S2/c1-9-4-5-12(8-10(9)2)17(14,15)13-6-7-16-11(13)3/h4-5,8,11H,6-7H2,1-3H3. The van der Waals surface area contributed by atoms with Crippen molar-refractivity contribution in [2.75, 3.05) is 12.3 Å². The molecule has 0 radical (unpaired) electrons. The van der Waals surface area contributed by atoms with Gasteiger partial charge < -0.3 is 0 Å². The van der Waals surface area contributed by atoms with Gasteiger partial charge in [-0.1, -0.05) is 6.07 Å². The van der Waals surface area contributed by atoms with Crippen LogP contribution in [0.4, 0.5) is 0 Å². The van der Waals surface area contributed by atoms with E-state index >= 15 is 0 Å². The van der Waals surface area contributed by atoms with Crippen molar-refractivity contribution in [3.8, 4) is 0 Å². The molecule has 1 aliphatic heterocycles. The number of rotatable bonds is 2. The predicted octanol–water partition coefficient (Wildman–Crippen LogP) is 2.39. The van der Waals surface area contributed by atoms with Gasteiger partial charge in [0, 0.05) is 12.3 Å². The lowest BCUT2D eigenvalue weighted by Gasteiger charge is -2.20. The first kappa shape index (κ1) is 12.9. The first-order valence-corrected chi connectivity index (χ1v) is 8.12. The molecule has 5 heteroatoms. The quantitative estimate of drug-likeness (QED) is 0.829. The molecule has 17 heavy (non-hydrogen) atoms. The van der Waals surface area contributed by atoms with E-state index in [4.69, 9.17) is 0 Å². The van der Waals surface area contributed by atoms with Gasteiger partial charge >= 0.3 is 0 Å². The largest absolute Gasteiger partial charge is 0.244 e. The highest BCUT2D eigenvalue weighted by Crippen LogP contribution is 2.30. The van der Waals surface area contributed by atoms with E-state index in [0.29, 0.717) is 11.4 Å². The summed E-state index contributed by atoms with van der Waals surface area (Å²) in [5, 5.41) is 0.0432. The molecular weight excluding hydrogens is 254 g/mol. The van der Waals surface area contributed by atoms with Gasteiger partial charge in [-0.3, -0.25) is 0 Å². The molecule has 1 unspecified atom stereocenters. The monoisotopic (exact) mass is 271 g/mol. The molecule has 0 amide bonds. The zero-order chi connectivity index (χ0) is 12.6. The zero-order valence-electron chi connectivity index (χ0n) is 10.3. The van der Waals surface area contributed by atoms with Crippen LogP contribution in [-0.4, -0.2) is 30.4 Å². The van der Waals surface area contributed by atoms with Gasteiger partial charge in [0.2, 0.25) is 10.0 Å². The van der Waals surface area contributed by atoms with Crippen molar-refractivity contribution in [3.63, 3.8) is 0 Å². The molecule has 0 bridgehead atoms. The zero-order valence-corrected chi connectivity index (χ0v) is 11.9. The summed E-state index contributed by atoms with van der Waals surface area (Å²) in [6, 6.07) is 5.34. The van der Waals surface area contributed by atoms with Crippen LogP contribution in [0.25, 0.3) is 0 Å². The Labute approximate surface area is 107 Å². The molecule has 1 saturated heterocycles. The SMILES string of the molecule is Cc1ccc(S(=O)(=O)N2CCSC2C)cc1C. The number of hydrogen-bond donors (Lipinski definition) is 0. The molecule has 1 aromatic carbocycles. The number of benzene rings is 1. The Morgan fingerprint density at radius 1 is 1.29 bits per heavy atom. The Kier molecular flexibility index (Phi) is 3.52. The van der Waals surface area contributed by atoms with Gasteiger partial charge in [-0.05, 0) is 44.0 Å². The molecule has 1 heterocycles.